The molecule has 8 heteroatoms. The average molecular weight is 492 g/mol. The molecule has 0 saturated heterocycles. The fourth-order valence-electron chi connectivity index (χ4n) is 3.21. The molecule has 0 fully saturated rings. The predicted octanol–water partition coefficient (Wildman–Crippen LogP) is 4.64. The summed E-state index contributed by atoms with van der Waals surface area (Å²) in [5, 5.41) is 2.49. The van der Waals surface area contributed by atoms with E-state index in [1.54, 1.807) is 30.3 Å². The number of amides is 2. The van der Waals surface area contributed by atoms with Gasteiger partial charge in [0.2, 0.25) is 0 Å². The van der Waals surface area contributed by atoms with Crippen molar-refractivity contribution in [2.24, 2.45) is 0 Å². The van der Waals surface area contributed by atoms with Gasteiger partial charge in [0, 0.05) is 11.1 Å². The van der Waals surface area contributed by atoms with E-state index in [0.29, 0.717) is 23.7 Å². The Kier molecular flexibility index (Phi) is 10.1. The molecular weight excluding hydrogens is 462 g/mol. The maximum Gasteiger partial charge on any atom is 0.276 e. The second-order valence-corrected chi connectivity index (χ2v) is 8.10. The van der Waals surface area contributed by atoms with E-state index in [1.807, 2.05) is 48.5 Å². The van der Waals surface area contributed by atoms with Crippen molar-refractivity contribution in [3.05, 3.63) is 84.4 Å². The highest BCUT2D eigenvalue weighted by atomic mass is 32.1. The molecule has 0 atom stereocenters. The van der Waals surface area contributed by atoms with Gasteiger partial charge in [0.25, 0.3) is 11.8 Å². The molecule has 0 unspecified atom stereocenters. The first kappa shape index (κ1) is 25.7. The van der Waals surface area contributed by atoms with E-state index in [9.17, 15) is 9.59 Å². The number of hydrogen-bond donors (Lipinski definition) is 3. The van der Waals surface area contributed by atoms with E-state index in [4.69, 9.17) is 21.7 Å². The van der Waals surface area contributed by atoms with Crippen LogP contribution in [0.25, 0.3) is 11.1 Å². The molecule has 0 spiro atoms. The number of carbonyl (C=O) groups is 2. The first-order chi connectivity index (χ1) is 17.1. The zero-order valence-electron chi connectivity index (χ0n) is 19.6. The van der Waals surface area contributed by atoms with Crippen LogP contribution in [-0.4, -0.2) is 30.1 Å². The topological polar surface area (TPSA) is 88.7 Å². The van der Waals surface area contributed by atoms with Crippen LogP contribution < -0.4 is 25.6 Å². The number of carbonyl (C=O) groups excluding carboxylic acids is 2. The van der Waals surface area contributed by atoms with Crippen LogP contribution >= 0.6 is 12.2 Å². The first-order valence-corrected chi connectivity index (χ1v) is 11.9. The van der Waals surface area contributed by atoms with Gasteiger partial charge < -0.3 is 9.47 Å². The third kappa shape index (κ3) is 8.42. The van der Waals surface area contributed by atoms with Gasteiger partial charge in [-0.1, -0.05) is 68.3 Å². The lowest BCUT2D eigenvalue weighted by Crippen LogP contribution is -2.49. The second kappa shape index (κ2) is 13.7. The Hall–Kier alpha value is -3.91. The minimum atomic E-state index is -0.450. The normalized spacial score (nSPS) is 10.2. The maximum atomic E-state index is 12.4. The van der Waals surface area contributed by atoms with Gasteiger partial charge in [-0.25, -0.2) is 0 Å². The van der Waals surface area contributed by atoms with E-state index < -0.39 is 11.8 Å². The Morgan fingerprint density at radius 3 is 2.29 bits per heavy atom. The number of ether oxygens (including phenoxy) is 2. The number of hydrogen-bond acceptors (Lipinski definition) is 5. The quantitative estimate of drug-likeness (QED) is 0.218. The summed E-state index contributed by atoms with van der Waals surface area (Å²) in [4.78, 5) is 24.6. The molecule has 3 rings (SSSR count). The molecule has 0 aliphatic rings. The van der Waals surface area contributed by atoms with Gasteiger partial charge in [-0.2, -0.15) is 0 Å². The second-order valence-electron chi connectivity index (χ2n) is 7.69. The zero-order valence-corrected chi connectivity index (χ0v) is 20.4. The molecule has 0 aliphatic carbocycles. The lowest BCUT2D eigenvalue weighted by atomic mass is 10.1. The summed E-state index contributed by atoms with van der Waals surface area (Å²) in [5.74, 6) is 0.443. The number of hydrazine groups is 1. The van der Waals surface area contributed by atoms with Crippen molar-refractivity contribution in [1.82, 2.24) is 16.2 Å². The monoisotopic (exact) mass is 491 g/mol. The first-order valence-electron chi connectivity index (χ1n) is 11.5. The Labute approximate surface area is 210 Å². The summed E-state index contributed by atoms with van der Waals surface area (Å²) >= 11 is 5.10. The van der Waals surface area contributed by atoms with Crippen molar-refractivity contribution in [2.45, 2.75) is 26.2 Å². The average Bonchev–Trinajstić information content (AvgIpc) is 2.89. The van der Waals surface area contributed by atoms with Crippen LogP contribution in [-0.2, 0) is 4.79 Å². The van der Waals surface area contributed by atoms with Crippen LogP contribution in [0.15, 0.2) is 78.9 Å². The fraction of sp³-hybridized carbons (Fsp3) is 0.222. The van der Waals surface area contributed by atoms with Crippen LogP contribution in [0.4, 0.5) is 0 Å². The Morgan fingerprint density at radius 1 is 0.829 bits per heavy atom. The Balaban J connectivity index is 1.41. The molecule has 3 aromatic carbocycles. The summed E-state index contributed by atoms with van der Waals surface area (Å²) in [7, 11) is 0. The van der Waals surface area contributed by atoms with Gasteiger partial charge in [-0.3, -0.25) is 25.8 Å². The van der Waals surface area contributed by atoms with Crippen molar-refractivity contribution in [1.29, 1.82) is 0 Å². The van der Waals surface area contributed by atoms with Gasteiger partial charge in [0.05, 0.1) is 6.61 Å². The molecule has 0 radical (unpaired) electrons. The fourth-order valence-corrected chi connectivity index (χ4v) is 3.35. The van der Waals surface area contributed by atoms with Crippen molar-refractivity contribution < 1.29 is 19.1 Å². The summed E-state index contributed by atoms with van der Waals surface area (Å²) < 4.78 is 11.3. The van der Waals surface area contributed by atoms with Gasteiger partial charge in [0.1, 0.15) is 11.5 Å². The highest BCUT2D eigenvalue weighted by Crippen LogP contribution is 2.29. The molecule has 3 aromatic rings. The highest BCUT2D eigenvalue weighted by molar-refractivity contribution is 7.80. The largest absolute Gasteiger partial charge is 0.494 e. The number of para-hydroxylation sites is 1. The SMILES string of the molecule is CCCCCOc1ccc(C(=O)NC(=S)NNC(=O)COc2ccccc2-c2ccccc2)cc1. The third-order valence-electron chi connectivity index (χ3n) is 5.01. The molecule has 0 saturated carbocycles. The van der Waals surface area contributed by atoms with E-state index in [-0.39, 0.29) is 11.7 Å². The zero-order chi connectivity index (χ0) is 24.9. The maximum absolute atomic E-state index is 12.4. The van der Waals surface area contributed by atoms with E-state index in [1.165, 1.54) is 0 Å². The lowest BCUT2D eigenvalue weighted by Gasteiger charge is -2.13. The minimum absolute atomic E-state index is 0.0343. The molecule has 0 aliphatic heterocycles. The molecule has 0 aromatic heterocycles. The van der Waals surface area contributed by atoms with Crippen molar-refractivity contribution in [3.63, 3.8) is 0 Å². The molecular formula is C27H29N3O4S. The van der Waals surface area contributed by atoms with Crippen molar-refractivity contribution in [3.8, 4) is 22.6 Å². The smallest absolute Gasteiger partial charge is 0.276 e. The van der Waals surface area contributed by atoms with Crippen LogP contribution in [0.1, 0.15) is 36.5 Å². The van der Waals surface area contributed by atoms with Gasteiger partial charge in [-0.05, 0) is 54.5 Å². The predicted molar refractivity (Wildman–Crippen MR) is 140 cm³/mol. The van der Waals surface area contributed by atoms with Crippen LogP contribution in [0.3, 0.4) is 0 Å². The summed E-state index contributed by atoms with van der Waals surface area (Å²) in [5.41, 5.74) is 7.22. The third-order valence-corrected chi connectivity index (χ3v) is 5.21. The number of thiocarbonyl (C=S) groups is 1. The molecule has 7 nitrogen and oxygen atoms in total. The number of rotatable bonds is 10. The number of nitrogens with one attached hydrogen (secondary N) is 3. The molecule has 182 valence electrons. The highest BCUT2D eigenvalue weighted by Gasteiger charge is 2.11. The van der Waals surface area contributed by atoms with Gasteiger partial charge in [0.15, 0.2) is 11.7 Å². The lowest BCUT2D eigenvalue weighted by molar-refractivity contribution is -0.123. The van der Waals surface area contributed by atoms with Crippen molar-refractivity contribution >= 4 is 29.1 Å². The molecule has 2 amide bonds. The molecule has 0 bridgehead atoms. The van der Waals surface area contributed by atoms with E-state index >= 15 is 0 Å². The summed E-state index contributed by atoms with van der Waals surface area (Å²) in [6.45, 7) is 2.56. The van der Waals surface area contributed by atoms with Gasteiger partial charge >= 0.3 is 0 Å². The Morgan fingerprint density at radius 2 is 1.54 bits per heavy atom. The van der Waals surface area contributed by atoms with E-state index in [0.717, 1.165) is 30.4 Å². The van der Waals surface area contributed by atoms with Crippen LogP contribution in [0, 0.1) is 0 Å². The van der Waals surface area contributed by atoms with Crippen LogP contribution in [0.5, 0.6) is 11.5 Å². The van der Waals surface area contributed by atoms with Crippen LogP contribution in [0.2, 0.25) is 0 Å². The van der Waals surface area contributed by atoms with E-state index in [2.05, 4.69) is 23.1 Å². The summed E-state index contributed by atoms with van der Waals surface area (Å²) in [6.07, 6.45) is 3.25. The van der Waals surface area contributed by atoms with Crippen molar-refractivity contribution in [2.75, 3.05) is 13.2 Å². The standard InChI is InChI=1S/C27H29N3O4S/c1-2-3-9-18-33-22-16-14-21(15-17-22)26(32)28-27(35)30-29-25(31)19-34-24-13-8-7-12-23(24)20-10-5-4-6-11-20/h4-8,10-17H,2-3,9,18-19H2,1H3,(H,29,31)(H2,28,30,32,35). The summed E-state index contributed by atoms with van der Waals surface area (Å²) in [6, 6.07) is 24.0. The number of benzene rings is 3. The van der Waals surface area contributed by atoms with Gasteiger partial charge in [-0.15, -0.1) is 0 Å². The molecule has 0 heterocycles. The Bertz CT molecular complexity index is 1120. The molecule has 35 heavy (non-hydrogen) atoms. The number of unbranched alkanes of at least 4 members (excludes halogenated alkanes) is 2. The molecule has 3 N–H and O–H groups in total. The minimum Gasteiger partial charge on any atom is -0.494 e.